The number of thioether (sulfide) groups is 1. The first kappa shape index (κ1) is 22.6. The highest BCUT2D eigenvalue weighted by atomic mass is 32.2. The fourth-order valence-corrected chi connectivity index (χ4v) is 5.36. The second kappa shape index (κ2) is 9.92. The molecule has 0 unspecified atom stereocenters. The number of nitrogens with one attached hydrogen (secondary N) is 2. The van der Waals surface area contributed by atoms with Gasteiger partial charge in [-0.25, -0.2) is 0 Å². The van der Waals surface area contributed by atoms with Gasteiger partial charge in [-0.1, -0.05) is 12.1 Å². The minimum absolute atomic E-state index is 0.0922. The van der Waals surface area contributed by atoms with Gasteiger partial charge in [-0.15, -0.1) is 0 Å². The molecular formula is C24H31N5O2S. The largest absolute Gasteiger partial charge is 0.326 e. The van der Waals surface area contributed by atoms with Crippen molar-refractivity contribution >= 4 is 34.4 Å². The van der Waals surface area contributed by atoms with E-state index in [4.69, 9.17) is 0 Å². The molecule has 0 atom stereocenters. The van der Waals surface area contributed by atoms with Crippen LogP contribution in [-0.2, 0) is 24.7 Å². The summed E-state index contributed by atoms with van der Waals surface area (Å²) in [6.45, 7) is 7.30. The van der Waals surface area contributed by atoms with Gasteiger partial charge in [0.15, 0.2) is 0 Å². The molecule has 170 valence electrons. The highest BCUT2D eigenvalue weighted by molar-refractivity contribution is 7.99. The van der Waals surface area contributed by atoms with Crippen LogP contribution < -0.4 is 10.9 Å². The van der Waals surface area contributed by atoms with E-state index >= 15 is 0 Å². The van der Waals surface area contributed by atoms with Crippen LogP contribution in [-0.4, -0.2) is 56.7 Å². The maximum atomic E-state index is 12.6. The fraction of sp³-hybridized carbons (Fsp3) is 0.458. The lowest BCUT2D eigenvalue weighted by Crippen LogP contribution is -2.34. The molecule has 7 nitrogen and oxygen atoms in total. The van der Waals surface area contributed by atoms with Crippen molar-refractivity contribution in [3.63, 3.8) is 0 Å². The van der Waals surface area contributed by atoms with E-state index < -0.39 is 0 Å². The molecule has 8 heteroatoms. The van der Waals surface area contributed by atoms with Crippen molar-refractivity contribution < 1.29 is 4.79 Å². The first-order chi connectivity index (χ1) is 15.4. The third kappa shape index (κ3) is 5.07. The maximum Gasteiger partial charge on any atom is 0.253 e. The number of carbonyl (C=O) groups is 1. The van der Waals surface area contributed by atoms with Crippen molar-refractivity contribution in [2.24, 2.45) is 7.05 Å². The fourth-order valence-electron chi connectivity index (χ4n) is 4.38. The SMILES string of the molecule is Cc1nn(C)c2[nH]c(=O)c(CCC(=O)Nc3ccc(CCN4CCSCC4)cc3)c(C)c12. The Kier molecular flexibility index (Phi) is 7.01. The van der Waals surface area contributed by atoms with Crippen LogP contribution in [0.4, 0.5) is 5.69 Å². The van der Waals surface area contributed by atoms with E-state index in [0.29, 0.717) is 12.0 Å². The van der Waals surface area contributed by atoms with E-state index in [0.717, 1.165) is 40.9 Å². The van der Waals surface area contributed by atoms with Crippen molar-refractivity contribution in [3.8, 4) is 0 Å². The summed E-state index contributed by atoms with van der Waals surface area (Å²) < 4.78 is 1.69. The number of hydrogen-bond donors (Lipinski definition) is 2. The Balaban J connectivity index is 1.33. The minimum Gasteiger partial charge on any atom is -0.326 e. The molecule has 3 heterocycles. The van der Waals surface area contributed by atoms with Crippen LogP contribution in [0.25, 0.3) is 11.0 Å². The Morgan fingerprint density at radius 3 is 2.59 bits per heavy atom. The molecule has 0 radical (unpaired) electrons. The maximum absolute atomic E-state index is 12.6. The van der Waals surface area contributed by atoms with Gasteiger partial charge >= 0.3 is 0 Å². The second-order valence-corrected chi connectivity index (χ2v) is 9.66. The van der Waals surface area contributed by atoms with Gasteiger partial charge in [-0.2, -0.15) is 16.9 Å². The Bertz CT molecular complexity index is 1160. The number of H-pyrrole nitrogens is 1. The van der Waals surface area contributed by atoms with Crippen LogP contribution in [0.5, 0.6) is 0 Å². The summed E-state index contributed by atoms with van der Waals surface area (Å²) >= 11 is 2.03. The van der Waals surface area contributed by atoms with Crippen molar-refractivity contribution in [3.05, 3.63) is 57.0 Å². The first-order valence-corrected chi connectivity index (χ1v) is 12.3. The molecule has 4 rings (SSSR count). The normalized spacial score (nSPS) is 14.7. The molecule has 2 aromatic heterocycles. The molecule has 3 aromatic rings. The summed E-state index contributed by atoms with van der Waals surface area (Å²) in [7, 11) is 1.82. The van der Waals surface area contributed by atoms with Crippen LogP contribution in [0, 0.1) is 13.8 Å². The molecular weight excluding hydrogens is 422 g/mol. The lowest BCUT2D eigenvalue weighted by atomic mass is 10.0. The predicted octanol–water partition coefficient (Wildman–Crippen LogP) is 3.04. The van der Waals surface area contributed by atoms with Gasteiger partial charge in [-0.3, -0.25) is 14.3 Å². The number of hydrogen-bond acceptors (Lipinski definition) is 5. The average Bonchev–Trinajstić information content (AvgIpc) is 3.07. The number of aromatic amines is 1. The number of nitrogens with zero attached hydrogens (tertiary/aromatic N) is 3. The Labute approximate surface area is 192 Å². The van der Waals surface area contributed by atoms with Crippen LogP contribution in [0.2, 0.25) is 0 Å². The number of aryl methyl sites for hydroxylation is 3. The van der Waals surface area contributed by atoms with E-state index in [-0.39, 0.29) is 17.9 Å². The van der Waals surface area contributed by atoms with Crippen molar-refractivity contribution in [2.75, 3.05) is 36.5 Å². The molecule has 1 amide bonds. The molecule has 1 fully saturated rings. The third-order valence-corrected chi connectivity index (χ3v) is 7.16. The topological polar surface area (TPSA) is 83.0 Å². The number of rotatable bonds is 7. The van der Waals surface area contributed by atoms with E-state index in [9.17, 15) is 9.59 Å². The predicted molar refractivity (Wildman–Crippen MR) is 132 cm³/mol. The number of benzene rings is 1. The molecule has 0 saturated carbocycles. The summed E-state index contributed by atoms with van der Waals surface area (Å²) in [6.07, 6.45) is 1.67. The van der Waals surface area contributed by atoms with Gasteiger partial charge in [0.1, 0.15) is 5.65 Å². The second-order valence-electron chi connectivity index (χ2n) is 8.44. The summed E-state index contributed by atoms with van der Waals surface area (Å²) in [5.41, 5.74) is 5.07. The standard InChI is InChI=1S/C24H31N5O2S/c1-16-20(24(31)26-23-22(16)17(2)27-28(23)3)8-9-21(30)25-19-6-4-18(5-7-19)10-11-29-12-14-32-15-13-29/h4-7H,8-15H2,1-3H3,(H,25,30)(H,26,31). The molecule has 0 spiro atoms. The highest BCUT2D eigenvalue weighted by Crippen LogP contribution is 2.21. The van der Waals surface area contributed by atoms with Crippen molar-refractivity contribution in [1.29, 1.82) is 0 Å². The van der Waals surface area contributed by atoms with Crippen LogP contribution >= 0.6 is 11.8 Å². The van der Waals surface area contributed by atoms with Crippen molar-refractivity contribution in [1.82, 2.24) is 19.7 Å². The molecule has 1 aliphatic rings. The van der Waals surface area contributed by atoms with Gasteiger partial charge in [-0.05, 0) is 49.9 Å². The van der Waals surface area contributed by atoms with E-state index in [1.54, 1.807) is 4.68 Å². The molecule has 1 aliphatic heterocycles. The van der Waals surface area contributed by atoms with Gasteiger partial charge < -0.3 is 15.2 Å². The van der Waals surface area contributed by atoms with Crippen LogP contribution in [0.3, 0.4) is 0 Å². The van der Waals surface area contributed by atoms with Gasteiger partial charge in [0.25, 0.3) is 5.56 Å². The minimum atomic E-state index is -0.151. The Hall–Kier alpha value is -2.58. The summed E-state index contributed by atoms with van der Waals surface area (Å²) in [5.74, 6) is 2.36. The average molecular weight is 454 g/mol. The number of carbonyl (C=O) groups excluding carboxylic acids is 1. The van der Waals surface area contributed by atoms with Crippen molar-refractivity contribution in [2.45, 2.75) is 33.1 Å². The van der Waals surface area contributed by atoms with Gasteiger partial charge in [0.05, 0.1) is 5.69 Å². The molecule has 2 N–H and O–H groups in total. The number of pyridine rings is 1. The number of amides is 1. The first-order valence-electron chi connectivity index (χ1n) is 11.2. The quantitative estimate of drug-likeness (QED) is 0.575. The van der Waals surface area contributed by atoms with Crippen LogP contribution in [0.15, 0.2) is 29.1 Å². The molecule has 1 saturated heterocycles. The smallest absolute Gasteiger partial charge is 0.253 e. The lowest BCUT2D eigenvalue weighted by molar-refractivity contribution is -0.116. The Morgan fingerprint density at radius 1 is 1.16 bits per heavy atom. The molecule has 0 aliphatic carbocycles. The summed E-state index contributed by atoms with van der Waals surface area (Å²) in [5, 5.41) is 8.31. The number of aromatic nitrogens is 3. The zero-order valence-corrected chi connectivity index (χ0v) is 19.8. The monoisotopic (exact) mass is 453 g/mol. The van der Waals surface area contributed by atoms with E-state index in [2.05, 4.69) is 32.4 Å². The third-order valence-electron chi connectivity index (χ3n) is 6.22. The highest BCUT2D eigenvalue weighted by Gasteiger charge is 2.16. The lowest BCUT2D eigenvalue weighted by Gasteiger charge is -2.26. The van der Waals surface area contributed by atoms with Crippen LogP contribution in [0.1, 0.15) is 28.8 Å². The number of anilines is 1. The number of fused-ring (bicyclic) bond motifs is 1. The molecule has 1 aromatic carbocycles. The summed E-state index contributed by atoms with van der Waals surface area (Å²) in [6, 6.07) is 8.09. The Morgan fingerprint density at radius 2 is 1.88 bits per heavy atom. The van der Waals surface area contributed by atoms with E-state index in [1.807, 2.05) is 44.8 Å². The van der Waals surface area contributed by atoms with E-state index in [1.165, 1.54) is 30.2 Å². The zero-order valence-electron chi connectivity index (χ0n) is 19.0. The molecule has 32 heavy (non-hydrogen) atoms. The van der Waals surface area contributed by atoms with Gasteiger partial charge in [0.2, 0.25) is 5.91 Å². The zero-order chi connectivity index (χ0) is 22.7. The summed E-state index contributed by atoms with van der Waals surface area (Å²) in [4.78, 5) is 30.5. The molecule has 0 bridgehead atoms. The van der Waals surface area contributed by atoms with Gasteiger partial charge in [0, 0.05) is 61.2 Å².